The number of benzene rings is 2. The third-order valence-corrected chi connectivity index (χ3v) is 6.39. The van der Waals surface area contributed by atoms with Crippen molar-refractivity contribution >= 4 is 26.1 Å². The van der Waals surface area contributed by atoms with E-state index in [0.29, 0.717) is 13.0 Å². The van der Waals surface area contributed by atoms with E-state index in [9.17, 15) is 21.6 Å². The molecule has 1 atom stereocenters. The van der Waals surface area contributed by atoms with Gasteiger partial charge in [-0.1, -0.05) is 24.3 Å². The van der Waals surface area contributed by atoms with Crippen LogP contribution in [0.5, 0.6) is 0 Å². The average molecular weight is 441 g/mol. The lowest BCUT2D eigenvalue weighted by Gasteiger charge is -2.25. The summed E-state index contributed by atoms with van der Waals surface area (Å²) < 4.78 is 45.2. The summed E-state index contributed by atoms with van der Waals surface area (Å²) in [4.78, 5) is 13.9. The molecule has 0 aliphatic heterocycles. The van der Waals surface area contributed by atoms with Gasteiger partial charge in [0.2, 0.25) is 20.0 Å². The SMILES string of the molecule is C[C@H](c1ccc(S(N)(=O)=O)cc1)N(C)C(=O)NCCc1ccc(S(N)(=O)=O)cc1. The Hall–Kier alpha value is -2.47. The van der Waals surface area contributed by atoms with Crippen LogP contribution in [0.2, 0.25) is 0 Å². The first-order valence-corrected chi connectivity index (χ1v) is 11.7. The maximum absolute atomic E-state index is 12.4. The molecular formula is C18H24N4O5S2. The van der Waals surface area contributed by atoms with E-state index >= 15 is 0 Å². The Balaban J connectivity index is 1.91. The zero-order valence-electron chi connectivity index (χ0n) is 16.1. The monoisotopic (exact) mass is 440 g/mol. The molecule has 0 aromatic heterocycles. The number of primary sulfonamides is 2. The summed E-state index contributed by atoms with van der Waals surface area (Å²) in [6, 6.07) is 11.6. The van der Waals surface area contributed by atoms with Gasteiger partial charge in [-0.25, -0.2) is 31.9 Å². The molecule has 9 nitrogen and oxygen atoms in total. The van der Waals surface area contributed by atoms with Gasteiger partial charge in [0.1, 0.15) is 0 Å². The topological polar surface area (TPSA) is 153 Å². The molecule has 0 saturated heterocycles. The predicted molar refractivity (Wildman–Crippen MR) is 109 cm³/mol. The summed E-state index contributed by atoms with van der Waals surface area (Å²) in [6.07, 6.45) is 0.516. The standard InChI is InChI=1S/C18H24N4O5S2/c1-13(15-5-9-17(10-6-15)29(20,26)27)22(2)18(23)21-12-11-14-3-7-16(8-4-14)28(19,24)25/h3-10,13H,11-12H2,1-2H3,(H,21,23)(H2,19,24,25)(H2,20,26,27)/t13-/m1/s1. The fourth-order valence-electron chi connectivity index (χ4n) is 2.62. The van der Waals surface area contributed by atoms with E-state index in [0.717, 1.165) is 11.1 Å². The van der Waals surface area contributed by atoms with Gasteiger partial charge in [0.25, 0.3) is 0 Å². The van der Waals surface area contributed by atoms with Crippen LogP contribution in [-0.4, -0.2) is 41.4 Å². The second-order valence-electron chi connectivity index (χ2n) is 6.57. The molecule has 0 fully saturated rings. The van der Waals surface area contributed by atoms with Crippen molar-refractivity contribution < 1.29 is 21.6 Å². The Morgan fingerprint density at radius 3 is 1.83 bits per heavy atom. The first kappa shape index (κ1) is 22.8. The van der Waals surface area contributed by atoms with Crippen molar-refractivity contribution in [3.8, 4) is 0 Å². The van der Waals surface area contributed by atoms with E-state index in [1.54, 1.807) is 31.3 Å². The van der Waals surface area contributed by atoms with Gasteiger partial charge in [0.05, 0.1) is 15.8 Å². The van der Waals surface area contributed by atoms with Gasteiger partial charge >= 0.3 is 6.03 Å². The normalized spacial score (nSPS) is 13.0. The maximum Gasteiger partial charge on any atom is 0.317 e. The fourth-order valence-corrected chi connectivity index (χ4v) is 3.65. The Morgan fingerprint density at radius 2 is 1.38 bits per heavy atom. The minimum atomic E-state index is -3.76. The van der Waals surface area contributed by atoms with Crippen LogP contribution in [0.4, 0.5) is 4.79 Å². The van der Waals surface area contributed by atoms with E-state index in [1.807, 2.05) is 6.92 Å². The zero-order chi connectivity index (χ0) is 21.8. The van der Waals surface area contributed by atoms with Crippen LogP contribution < -0.4 is 15.6 Å². The minimum Gasteiger partial charge on any atom is -0.338 e. The molecule has 0 aliphatic rings. The van der Waals surface area contributed by atoms with E-state index in [2.05, 4.69) is 5.32 Å². The molecule has 2 aromatic rings. The number of urea groups is 1. The van der Waals surface area contributed by atoms with Gasteiger partial charge in [0, 0.05) is 13.6 Å². The second kappa shape index (κ2) is 8.91. The number of hydrogen-bond donors (Lipinski definition) is 3. The highest BCUT2D eigenvalue weighted by Gasteiger charge is 2.18. The molecule has 0 heterocycles. The highest BCUT2D eigenvalue weighted by Crippen LogP contribution is 2.20. The molecule has 29 heavy (non-hydrogen) atoms. The third-order valence-electron chi connectivity index (χ3n) is 4.53. The van der Waals surface area contributed by atoms with Gasteiger partial charge in [-0.2, -0.15) is 0 Å². The summed E-state index contributed by atoms with van der Waals surface area (Å²) in [5, 5.41) is 12.9. The van der Waals surface area contributed by atoms with Crippen LogP contribution >= 0.6 is 0 Å². The van der Waals surface area contributed by atoms with E-state index < -0.39 is 20.0 Å². The number of nitrogens with zero attached hydrogens (tertiary/aromatic N) is 1. The Bertz CT molecular complexity index is 1070. The van der Waals surface area contributed by atoms with Crippen molar-refractivity contribution in [3.05, 3.63) is 59.7 Å². The summed E-state index contributed by atoms with van der Waals surface area (Å²) in [7, 11) is -5.86. The van der Waals surface area contributed by atoms with Crippen LogP contribution in [0.15, 0.2) is 58.3 Å². The van der Waals surface area contributed by atoms with Crippen molar-refractivity contribution in [3.63, 3.8) is 0 Å². The van der Waals surface area contributed by atoms with E-state index in [4.69, 9.17) is 10.3 Å². The molecule has 5 N–H and O–H groups in total. The minimum absolute atomic E-state index is 0.00834. The number of hydrogen-bond acceptors (Lipinski definition) is 5. The number of sulfonamides is 2. The number of carbonyl (C=O) groups excluding carboxylic acids is 1. The van der Waals surface area contributed by atoms with Crippen LogP contribution in [-0.2, 0) is 26.5 Å². The van der Waals surface area contributed by atoms with Crippen molar-refractivity contribution in [2.75, 3.05) is 13.6 Å². The lowest BCUT2D eigenvalue weighted by atomic mass is 10.1. The van der Waals surface area contributed by atoms with Crippen molar-refractivity contribution in [2.24, 2.45) is 10.3 Å². The highest BCUT2D eigenvalue weighted by atomic mass is 32.2. The van der Waals surface area contributed by atoms with Gasteiger partial charge in [0.15, 0.2) is 0 Å². The molecule has 2 rings (SSSR count). The summed E-state index contributed by atoms with van der Waals surface area (Å²) in [6.45, 7) is 2.17. The van der Waals surface area contributed by atoms with Crippen molar-refractivity contribution in [2.45, 2.75) is 29.2 Å². The number of amides is 2. The number of nitrogens with one attached hydrogen (secondary N) is 1. The first-order chi connectivity index (χ1) is 13.4. The van der Waals surface area contributed by atoms with Crippen molar-refractivity contribution in [1.82, 2.24) is 10.2 Å². The largest absolute Gasteiger partial charge is 0.338 e. The molecule has 158 valence electrons. The molecule has 0 spiro atoms. The molecule has 0 saturated carbocycles. The summed E-state index contributed by atoms with van der Waals surface area (Å²) >= 11 is 0. The zero-order valence-corrected chi connectivity index (χ0v) is 17.7. The lowest BCUT2D eigenvalue weighted by molar-refractivity contribution is 0.194. The van der Waals surface area contributed by atoms with E-state index in [1.165, 1.54) is 29.2 Å². The maximum atomic E-state index is 12.4. The van der Waals surface area contributed by atoms with Crippen LogP contribution in [0, 0.1) is 0 Å². The van der Waals surface area contributed by atoms with Gasteiger partial charge in [-0.05, 0) is 48.7 Å². The molecule has 2 amide bonds. The summed E-state index contributed by atoms with van der Waals surface area (Å²) in [5.41, 5.74) is 1.61. The smallest absolute Gasteiger partial charge is 0.317 e. The lowest BCUT2D eigenvalue weighted by Crippen LogP contribution is -2.39. The average Bonchev–Trinajstić information content (AvgIpc) is 2.66. The second-order valence-corrected chi connectivity index (χ2v) is 9.69. The molecule has 0 radical (unpaired) electrons. The quantitative estimate of drug-likeness (QED) is 0.584. The third kappa shape index (κ3) is 6.26. The molecule has 0 aliphatic carbocycles. The van der Waals surface area contributed by atoms with E-state index in [-0.39, 0.29) is 21.9 Å². The van der Waals surface area contributed by atoms with Crippen LogP contribution in [0.3, 0.4) is 0 Å². The van der Waals surface area contributed by atoms with Gasteiger partial charge < -0.3 is 10.2 Å². The first-order valence-electron chi connectivity index (χ1n) is 8.65. The summed E-state index contributed by atoms with van der Waals surface area (Å²) in [5.74, 6) is 0. The van der Waals surface area contributed by atoms with Gasteiger partial charge in [-0.3, -0.25) is 0 Å². The predicted octanol–water partition coefficient (Wildman–Crippen LogP) is 0.927. The Labute approximate surface area is 170 Å². The highest BCUT2D eigenvalue weighted by molar-refractivity contribution is 7.89. The molecule has 2 aromatic carbocycles. The number of nitrogens with two attached hydrogens (primary N) is 2. The molecule has 0 bridgehead atoms. The molecule has 0 unspecified atom stereocenters. The van der Waals surface area contributed by atoms with Crippen molar-refractivity contribution in [1.29, 1.82) is 0 Å². The number of carbonyl (C=O) groups is 1. The number of rotatable bonds is 7. The van der Waals surface area contributed by atoms with Gasteiger partial charge in [-0.15, -0.1) is 0 Å². The Morgan fingerprint density at radius 1 is 0.931 bits per heavy atom. The Kier molecular flexibility index (Phi) is 7.01. The molecular weight excluding hydrogens is 416 g/mol. The molecule has 11 heteroatoms. The fraction of sp³-hybridized carbons (Fsp3) is 0.278. The van der Waals surface area contributed by atoms with Crippen LogP contribution in [0.25, 0.3) is 0 Å². The van der Waals surface area contributed by atoms with Crippen LogP contribution in [0.1, 0.15) is 24.1 Å².